The van der Waals surface area contributed by atoms with Crippen molar-refractivity contribution in [2.75, 3.05) is 5.32 Å². The van der Waals surface area contributed by atoms with Crippen LogP contribution >= 0.6 is 14.3 Å². The van der Waals surface area contributed by atoms with E-state index in [0.29, 0.717) is 43.4 Å². The molecule has 0 radical (unpaired) electrons. The van der Waals surface area contributed by atoms with Crippen LogP contribution in [-0.2, 0) is 9.13 Å². The Bertz CT molecular complexity index is 2840. The molecule has 1 aliphatic heterocycles. The fourth-order valence-corrected chi connectivity index (χ4v) is 13.0. The summed E-state index contributed by atoms with van der Waals surface area (Å²) in [7, 11) is -7.77. The summed E-state index contributed by atoms with van der Waals surface area (Å²) in [5.74, 6) is -2.98. The molecule has 10 heteroatoms. The molecule has 7 aromatic carbocycles. The number of fused-ring (bicyclic) bond motifs is 3. The third-order valence-corrected chi connectivity index (χ3v) is 16.7. The number of benzene rings is 7. The maximum absolute atomic E-state index is 16.0. The Kier molecular flexibility index (Phi) is 9.56. The van der Waals surface area contributed by atoms with Crippen molar-refractivity contribution in [3.05, 3.63) is 216 Å². The van der Waals surface area contributed by atoms with Gasteiger partial charge in [0.15, 0.2) is 14.3 Å². The molecule has 0 spiro atoms. The minimum absolute atomic E-state index is 0.167. The van der Waals surface area contributed by atoms with Crippen molar-refractivity contribution in [1.29, 1.82) is 0 Å². The normalized spacial score (nSPS) is 14.1. The summed E-state index contributed by atoms with van der Waals surface area (Å²) >= 11 is 0. The topological polar surface area (TPSA) is 59.1 Å². The second-order valence-electron chi connectivity index (χ2n) is 14.0. The Labute approximate surface area is 332 Å². The van der Waals surface area contributed by atoms with Crippen molar-refractivity contribution >= 4 is 63.1 Å². The minimum Gasteiger partial charge on any atom is -0.369 e. The van der Waals surface area contributed by atoms with Crippen LogP contribution in [0.2, 0.25) is 0 Å². The van der Waals surface area contributed by atoms with Gasteiger partial charge in [-0.3, -0.25) is 0 Å². The molecule has 0 aliphatic carbocycles. The first-order valence-corrected chi connectivity index (χ1v) is 21.9. The largest absolute Gasteiger partial charge is 0.369 e. The Morgan fingerprint density at radius 1 is 0.483 bits per heavy atom. The van der Waals surface area contributed by atoms with Gasteiger partial charge in [-0.2, -0.15) is 0 Å². The molecule has 1 N–H and O–H groups in total. The lowest BCUT2D eigenvalue weighted by Crippen LogP contribution is -2.33. The molecule has 9 rings (SSSR count). The highest BCUT2D eigenvalue weighted by atomic mass is 31.2. The number of rotatable bonds is 8. The number of aromatic nitrogens is 1. The Morgan fingerprint density at radius 2 is 0.931 bits per heavy atom. The summed E-state index contributed by atoms with van der Waals surface area (Å²) in [4.78, 5) is 5.23. The lowest BCUT2D eigenvalue weighted by Gasteiger charge is -2.34. The SMILES string of the molecule is O=P(c1ccc(F)cc1)(c1ccc(F)cc1)c1cc(-c2ccccc2)c2ccc3c(c2n1)NC(P(=O)(c1ccc(F)cc1)c1ccc(F)cc1)C=C3c1ccccc1. The maximum Gasteiger partial charge on any atom is 0.188 e. The van der Waals surface area contributed by atoms with Crippen LogP contribution in [0.3, 0.4) is 0 Å². The van der Waals surface area contributed by atoms with Gasteiger partial charge in [-0.1, -0.05) is 72.8 Å². The van der Waals surface area contributed by atoms with Crippen LogP contribution in [0.15, 0.2) is 182 Å². The van der Waals surface area contributed by atoms with Crippen LogP contribution in [0.4, 0.5) is 23.2 Å². The van der Waals surface area contributed by atoms with E-state index in [0.717, 1.165) is 22.3 Å². The van der Waals surface area contributed by atoms with Gasteiger partial charge < -0.3 is 14.4 Å². The van der Waals surface area contributed by atoms with Crippen molar-refractivity contribution in [2.24, 2.45) is 0 Å². The molecule has 0 saturated heterocycles. The average Bonchev–Trinajstić information content (AvgIpc) is 3.26. The molecular formula is C48H32F4N2O2P2. The van der Waals surface area contributed by atoms with E-state index in [-0.39, 0.29) is 5.44 Å². The number of halogens is 4. The van der Waals surface area contributed by atoms with Gasteiger partial charge in [-0.05, 0) is 131 Å². The van der Waals surface area contributed by atoms with Crippen LogP contribution in [0, 0.1) is 23.3 Å². The summed E-state index contributed by atoms with van der Waals surface area (Å²) in [6, 6.07) is 46.5. The quantitative estimate of drug-likeness (QED) is 0.123. The van der Waals surface area contributed by atoms with Crippen molar-refractivity contribution in [1.82, 2.24) is 4.98 Å². The Morgan fingerprint density at radius 3 is 1.41 bits per heavy atom. The van der Waals surface area contributed by atoms with Crippen LogP contribution < -0.4 is 32.0 Å². The van der Waals surface area contributed by atoms with E-state index >= 15 is 9.13 Å². The molecule has 1 atom stereocenters. The van der Waals surface area contributed by atoms with Gasteiger partial charge in [0, 0.05) is 32.2 Å². The standard InChI is InChI=1S/C48H32F4N2O2P2/c49-33-11-19-37(20-12-33)57(55,38-21-13-34(50)14-22-38)45-29-43(31-7-3-1-4-8-31)41-27-28-42-44(32-9-5-2-6-10-32)30-46(54-48(42)47(41)53-45)58(56,39-23-15-35(51)16-24-39)40-25-17-36(52)18-26-40/h1-30,45,53H. The maximum atomic E-state index is 16.0. The fraction of sp³-hybridized carbons (Fsp3) is 0.0208. The highest BCUT2D eigenvalue weighted by Gasteiger charge is 2.40. The summed E-state index contributed by atoms with van der Waals surface area (Å²) < 4.78 is 89.4. The van der Waals surface area contributed by atoms with Gasteiger partial charge in [0.2, 0.25) is 0 Å². The molecule has 0 amide bonds. The summed E-state index contributed by atoms with van der Waals surface area (Å²) in [6.07, 6.45) is 1.89. The highest BCUT2D eigenvalue weighted by Crippen LogP contribution is 2.54. The monoisotopic (exact) mass is 806 g/mol. The van der Waals surface area contributed by atoms with Gasteiger partial charge in [-0.25, -0.2) is 22.5 Å². The van der Waals surface area contributed by atoms with Gasteiger partial charge >= 0.3 is 0 Å². The van der Waals surface area contributed by atoms with E-state index in [1.165, 1.54) is 97.1 Å². The molecule has 284 valence electrons. The molecular weight excluding hydrogens is 774 g/mol. The smallest absolute Gasteiger partial charge is 0.188 e. The Balaban J connectivity index is 1.37. The molecule has 1 unspecified atom stereocenters. The third-order valence-electron chi connectivity index (χ3n) is 10.6. The average molecular weight is 807 g/mol. The van der Waals surface area contributed by atoms with E-state index in [2.05, 4.69) is 5.32 Å². The summed E-state index contributed by atoms with van der Waals surface area (Å²) in [5, 5.41) is 5.56. The van der Waals surface area contributed by atoms with Crippen LogP contribution in [0.5, 0.6) is 0 Å². The molecule has 2 heterocycles. The van der Waals surface area contributed by atoms with Gasteiger partial charge in [0.25, 0.3) is 0 Å². The number of pyridine rings is 1. The number of nitrogens with one attached hydrogen (secondary N) is 1. The third kappa shape index (κ3) is 6.49. The van der Waals surface area contributed by atoms with E-state index in [9.17, 15) is 17.6 Å². The van der Waals surface area contributed by atoms with Crippen molar-refractivity contribution < 1.29 is 26.7 Å². The molecule has 0 saturated carbocycles. The van der Waals surface area contributed by atoms with Crippen LogP contribution in [0.25, 0.3) is 27.6 Å². The van der Waals surface area contributed by atoms with E-state index in [1.54, 1.807) is 6.07 Å². The van der Waals surface area contributed by atoms with Gasteiger partial charge in [0.1, 0.15) is 34.5 Å². The molecule has 0 fully saturated rings. The molecule has 58 heavy (non-hydrogen) atoms. The minimum atomic E-state index is -3.94. The number of hydrogen-bond acceptors (Lipinski definition) is 4. The second kappa shape index (κ2) is 14.9. The molecule has 8 aromatic rings. The van der Waals surface area contributed by atoms with Crippen molar-refractivity contribution in [3.8, 4) is 11.1 Å². The first-order chi connectivity index (χ1) is 28.1. The van der Waals surface area contributed by atoms with Crippen molar-refractivity contribution in [2.45, 2.75) is 5.78 Å². The zero-order valence-corrected chi connectivity index (χ0v) is 32.4. The van der Waals surface area contributed by atoms with E-state index in [4.69, 9.17) is 4.98 Å². The number of hydrogen-bond donors (Lipinski definition) is 1. The van der Waals surface area contributed by atoms with Gasteiger partial charge in [-0.15, -0.1) is 0 Å². The summed E-state index contributed by atoms with van der Waals surface area (Å²) in [5.41, 5.74) is 4.85. The zero-order chi connectivity index (χ0) is 40.0. The lowest BCUT2D eigenvalue weighted by molar-refractivity contribution is 0.584. The van der Waals surface area contributed by atoms with Crippen molar-refractivity contribution in [3.63, 3.8) is 0 Å². The molecule has 0 bridgehead atoms. The molecule has 1 aromatic heterocycles. The number of anilines is 1. The molecule has 4 nitrogen and oxygen atoms in total. The second-order valence-corrected chi connectivity index (χ2v) is 19.6. The fourth-order valence-electron chi connectivity index (χ4n) is 7.68. The van der Waals surface area contributed by atoms with Crippen LogP contribution in [-0.4, -0.2) is 10.8 Å². The first kappa shape index (κ1) is 37.3. The van der Waals surface area contributed by atoms with Crippen LogP contribution in [0.1, 0.15) is 11.1 Å². The predicted molar refractivity (Wildman–Crippen MR) is 227 cm³/mol. The Hall–Kier alpha value is -6.33. The summed E-state index contributed by atoms with van der Waals surface area (Å²) in [6.45, 7) is 0. The number of nitrogens with zero attached hydrogens (tertiary/aromatic N) is 1. The molecule has 1 aliphatic rings. The highest BCUT2D eigenvalue weighted by molar-refractivity contribution is 7.85. The first-order valence-electron chi connectivity index (χ1n) is 18.5. The lowest BCUT2D eigenvalue weighted by atomic mass is 9.91. The van der Waals surface area contributed by atoms with Gasteiger partial charge in [0.05, 0.1) is 11.2 Å². The predicted octanol–water partition coefficient (Wildman–Crippen LogP) is 10.3. The van der Waals surface area contributed by atoms with E-state index < -0.39 is 43.3 Å². The van der Waals surface area contributed by atoms with E-state index in [1.807, 2.05) is 78.9 Å². The zero-order valence-electron chi connectivity index (χ0n) is 30.6.